The van der Waals surface area contributed by atoms with E-state index in [0.717, 1.165) is 60.5 Å². The van der Waals surface area contributed by atoms with E-state index in [9.17, 15) is 9.90 Å². The number of imidazole rings is 1. The normalized spacial score (nSPS) is 21.3. The zero-order valence-electron chi connectivity index (χ0n) is 18.1. The summed E-state index contributed by atoms with van der Waals surface area (Å²) in [4.78, 5) is 18.6. The van der Waals surface area contributed by atoms with E-state index in [1.54, 1.807) is 0 Å². The molecule has 2 aliphatic heterocycles. The molecule has 0 aliphatic carbocycles. The van der Waals surface area contributed by atoms with Crippen molar-refractivity contribution in [1.82, 2.24) is 14.9 Å². The van der Waals surface area contributed by atoms with Crippen LogP contribution in [-0.4, -0.2) is 39.4 Å². The van der Waals surface area contributed by atoms with Crippen LogP contribution in [-0.2, 0) is 19.4 Å². The number of rotatable bonds is 4. The molecule has 1 amide bonds. The third kappa shape index (κ3) is 3.81. The van der Waals surface area contributed by atoms with Crippen molar-refractivity contribution in [1.29, 1.82) is 0 Å². The molecule has 1 fully saturated rings. The van der Waals surface area contributed by atoms with Gasteiger partial charge in [-0.3, -0.25) is 4.90 Å². The molecule has 0 bridgehead atoms. The van der Waals surface area contributed by atoms with Crippen molar-refractivity contribution in [2.24, 2.45) is 0 Å². The Balaban J connectivity index is 1.61. The molecule has 2 N–H and O–H groups in total. The second kappa shape index (κ2) is 8.35. The Morgan fingerprint density at radius 2 is 2.00 bits per heavy atom. The molecule has 2 atom stereocenters. The zero-order valence-corrected chi connectivity index (χ0v) is 18.1. The Bertz CT molecular complexity index is 1090. The van der Waals surface area contributed by atoms with Crippen LogP contribution in [0.4, 0.5) is 10.5 Å². The maximum atomic E-state index is 11.9. The average Bonchev–Trinajstić information content (AvgIpc) is 3.11. The third-order valence-corrected chi connectivity index (χ3v) is 6.82. The maximum absolute atomic E-state index is 11.9. The van der Waals surface area contributed by atoms with Gasteiger partial charge in [0.1, 0.15) is 5.82 Å². The molecule has 6 heteroatoms. The number of piperidine rings is 1. The third-order valence-electron chi connectivity index (χ3n) is 6.82. The molecule has 6 nitrogen and oxygen atoms in total. The Morgan fingerprint density at radius 3 is 2.74 bits per heavy atom. The zero-order chi connectivity index (χ0) is 21.4. The fraction of sp³-hybridized carbons (Fsp3) is 0.440. The minimum Gasteiger partial charge on any atom is -0.465 e. The molecular weight excluding hydrogens is 388 g/mol. The van der Waals surface area contributed by atoms with Crippen LogP contribution < -0.4 is 10.2 Å². The van der Waals surface area contributed by atoms with Gasteiger partial charge in [-0.1, -0.05) is 36.8 Å². The molecular formula is C25H30N4O2. The Kier molecular flexibility index (Phi) is 5.40. The molecule has 2 unspecified atom stereocenters. The molecule has 1 aromatic heterocycles. The predicted octanol–water partition coefficient (Wildman–Crippen LogP) is 4.59. The smallest absolute Gasteiger partial charge is 0.412 e. The minimum absolute atomic E-state index is 0.0141. The van der Waals surface area contributed by atoms with Crippen LogP contribution in [0.5, 0.6) is 0 Å². The number of anilines is 1. The number of nitrogens with one attached hydrogen (secondary N) is 1. The number of nitrogens with zero attached hydrogens (tertiary/aromatic N) is 3. The van der Waals surface area contributed by atoms with Gasteiger partial charge in [0.2, 0.25) is 0 Å². The molecule has 0 radical (unpaired) electrons. The lowest BCUT2D eigenvalue weighted by atomic mass is 9.95. The van der Waals surface area contributed by atoms with E-state index in [1.165, 1.54) is 29.7 Å². The lowest BCUT2D eigenvalue weighted by molar-refractivity contribution is 0.198. The van der Waals surface area contributed by atoms with E-state index in [0.29, 0.717) is 6.04 Å². The summed E-state index contributed by atoms with van der Waals surface area (Å²) in [5.41, 5.74) is 5.20. The highest BCUT2D eigenvalue weighted by Crippen LogP contribution is 2.36. The molecule has 1 saturated heterocycles. The van der Waals surface area contributed by atoms with Crippen LogP contribution >= 0.6 is 0 Å². The molecule has 2 aromatic carbocycles. The average molecular weight is 419 g/mol. The van der Waals surface area contributed by atoms with Gasteiger partial charge in [0.05, 0.1) is 16.7 Å². The number of hydrogen-bond acceptors (Lipinski definition) is 3. The summed E-state index contributed by atoms with van der Waals surface area (Å²) in [6, 6.07) is 15.0. The summed E-state index contributed by atoms with van der Waals surface area (Å²) >= 11 is 0. The minimum atomic E-state index is -0.886. The van der Waals surface area contributed by atoms with E-state index in [-0.39, 0.29) is 6.04 Å². The summed E-state index contributed by atoms with van der Waals surface area (Å²) in [6.07, 6.45) is 5.26. The number of carboxylic acid groups (broad SMARTS) is 1. The Hall–Kier alpha value is -2.86. The number of aromatic nitrogens is 2. The molecule has 31 heavy (non-hydrogen) atoms. The van der Waals surface area contributed by atoms with Crippen molar-refractivity contribution < 1.29 is 9.90 Å². The largest absolute Gasteiger partial charge is 0.465 e. The Labute approximate surface area is 182 Å². The first-order valence-electron chi connectivity index (χ1n) is 11.4. The summed E-state index contributed by atoms with van der Waals surface area (Å²) < 4.78 is 2.37. The van der Waals surface area contributed by atoms with Crippen LogP contribution in [0, 0.1) is 0 Å². The maximum Gasteiger partial charge on any atom is 0.412 e. The van der Waals surface area contributed by atoms with Crippen molar-refractivity contribution in [2.45, 2.75) is 64.1 Å². The molecule has 0 spiro atoms. The monoisotopic (exact) mass is 418 g/mol. The second-order valence-electron chi connectivity index (χ2n) is 8.92. The highest BCUT2D eigenvalue weighted by molar-refractivity contribution is 5.94. The molecule has 2 aliphatic rings. The van der Waals surface area contributed by atoms with Crippen LogP contribution in [0.15, 0.2) is 42.5 Å². The lowest BCUT2D eigenvalue weighted by Crippen LogP contribution is -2.41. The molecule has 5 rings (SSSR count). The van der Waals surface area contributed by atoms with Gasteiger partial charge < -0.3 is 15.0 Å². The second-order valence-corrected chi connectivity index (χ2v) is 8.92. The number of aryl methyl sites for hydroxylation is 1. The first-order valence-corrected chi connectivity index (χ1v) is 11.4. The first-order chi connectivity index (χ1) is 15.1. The van der Waals surface area contributed by atoms with E-state index >= 15 is 0 Å². The summed E-state index contributed by atoms with van der Waals surface area (Å²) in [5, 5.41) is 13.5. The van der Waals surface area contributed by atoms with Gasteiger partial charge in [-0.2, -0.15) is 0 Å². The van der Waals surface area contributed by atoms with E-state index < -0.39 is 6.09 Å². The fourth-order valence-electron chi connectivity index (χ4n) is 5.19. The van der Waals surface area contributed by atoms with Gasteiger partial charge in [0, 0.05) is 30.6 Å². The number of fused-ring (bicyclic) bond motifs is 3. The number of hydrogen-bond donors (Lipinski definition) is 2. The lowest BCUT2D eigenvalue weighted by Gasteiger charge is -2.33. The van der Waals surface area contributed by atoms with E-state index in [2.05, 4.69) is 40.2 Å². The molecule has 3 aromatic rings. The van der Waals surface area contributed by atoms with Crippen LogP contribution in [0.2, 0.25) is 0 Å². The van der Waals surface area contributed by atoms with Gasteiger partial charge in [-0.05, 0) is 56.8 Å². The van der Waals surface area contributed by atoms with Gasteiger partial charge >= 0.3 is 6.09 Å². The highest BCUT2D eigenvalue weighted by atomic mass is 16.4. The van der Waals surface area contributed by atoms with Gasteiger partial charge in [-0.15, -0.1) is 0 Å². The van der Waals surface area contributed by atoms with Crippen molar-refractivity contribution in [3.8, 4) is 0 Å². The van der Waals surface area contributed by atoms with E-state index in [4.69, 9.17) is 4.98 Å². The SMILES string of the molecule is CC1CCc2c(ccc3c2nc(Cc2ccccc2)n3CC2CCCCN2)N1C(=O)O. The van der Waals surface area contributed by atoms with Crippen LogP contribution in [0.3, 0.4) is 0 Å². The topological polar surface area (TPSA) is 70.4 Å². The van der Waals surface area contributed by atoms with Crippen molar-refractivity contribution >= 4 is 22.8 Å². The van der Waals surface area contributed by atoms with Crippen molar-refractivity contribution in [2.75, 3.05) is 11.4 Å². The fourth-order valence-corrected chi connectivity index (χ4v) is 5.19. The summed E-state index contributed by atoms with van der Waals surface area (Å²) in [6.45, 7) is 3.96. The molecule has 162 valence electrons. The molecule has 3 heterocycles. The van der Waals surface area contributed by atoms with Gasteiger partial charge in [0.15, 0.2) is 0 Å². The van der Waals surface area contributed by atoms with Gasteiger partial charge in [-0.25, -0.2) is 9.78 Å². The number of carbonyl (C=O) groups is 1. The standard InChI is InChI=1S/C25H30N4O2/c1-17-10-11-20-21(29(17)25(30)31)12-13-22-24(20)27-23(15-18-7-3-2-4-8-18)28(22)16-19-9-5-6-14-26-19/h2-4,7-8,12-13,17,19,26H,5-6,9-11,14-16H2,1H3,(H,30,31). The van der Waals surface area contributed by atoms with E-state index in [1.807, 2.05) is 19.1 Å². The molecule has 0 saturated carbocycles. The Morgan fingerprint density at radius 1 is 1.16 bits per heavy atom. The van der Waals surface area contributed by atoms with Crippen molar-refractivity contribution in [3.63, 3.8) is 0 Å². The quantitative estimate of drug-likeness (QED) is 0.650. The van der Waals surface area contributed by atoms with Crippen molar-refractivity contribution in [3.05, 3.63) is 59.4 Å². The van der Waals surface area contributed by atoms with Crippen LogP contribution in [0.25, 0.3) is 11.0 Å². The number of benzene rings is 2. The predicted molar refractivity (Wildman–Crippen MR) is 123 cm³/mol. The highest BCUT2D eigenvalue weighted by Gasteiger charge is 2.31. The van der Waals surface area contributed by atoms with Gasteiger partial charge in [0.25, 0.3) is 0 Å². The summed E-state index contributed by atoms with van der Waals surface area (Å²) in [5.74, 6) is 1.06. The van der Waals surface area contributed by atoms with Crippen LogP contribution in [0.1, 0.15) is 49.6 Å². The number of amides is 1. The first kappa shape index (κ1) is 20.1. The summed E-state index contributed by atoms with van der Waals surface area (Å²) in [7, 11) is 0.